The average Bonchev–Trinajstić information content (AvgIpc) is 3.08. The zero-order valence-corrected chi connectivity index (χ0v) is 17.2. The number of halogens is 1. The molecule has 1 saturated heterocycles. The number of piperazine rings is 1. The first-order valence-corrected chi connectivity index (χ1v) is 10.7. The van der Waals surface area contributed by atoms with E-state index >= 15 is 0 Å². The van der Waals surface area contributed by atoms with Crippen molar-refractivity contribution >= 4 is 34.3 Å². The Morgan fingerprint density at radius 1 is 1.07 bits per heavy atom. The van der Waals surface area contributed by atoms with Crippen LogP contribution in [0.25, 0.3) is 10.9 Å². The summed E-state index contributed by atoms with van der Waals surface area (Å²) in [7, 11) is 0. The van der Waals surface area contributed by atoms with Gasteiger partial charge in [0.25, 0.3) is 0 Å². The largest absolute Gasteiger partial charge is 0.361 e. The SMILES string of the molecule is CSc1ccc2cc(CN3CCN(Cc4cc(C)on4)CC3)c(Cl)nc2c1. The molecule has 0 atom stereocenters. The summed E-state index contributed by atoms with van der Waals surface area (Å²) >= 11 is 8.20. The Morgan fingerprint density at radius 3 is 2.48 bits per heavy atom. The predicted molar refractivity (Wildman–Crippen MR) is 110 cm³/mol. The fraction of sp³-hybridized carbons (Fsp3) is 0.400. The van der Waals surface area contributed by atoms with E-state index in [1.165, 1.54) is 4.90 Å². The Labute approximate surface area is 168 Å². The van der Waals surface area contributed by atoms with Gasteiger partial charge in [0, 0.05) is 61.2 Å². The van der Waals surface area contributed by atoms with Gasteiger partial charge in [0.15, 0.2) is 0 Å². The predicted octanol–water partition coefficient (Wildman–Crippen LogP) is 4.22. The molecule has 0 spiro atoms. The standard InChI is InChI=1S/C20H23ClN4OS/c1-14-9-17(23-26-14)13-25-7-5-24(6-8-25)12-16-10-15-3-4-18(27-2)11-19(15)22-20(16)21/h3-4,9-11H,5-8,12-13H2,1-2H3. The van der Waals surface area contributed by atoms with Crippen molar-refractivity contribution in [3.8, 4) is 0 Å². The summed E-state index contributed by atoms with van der Waals surface area (Å²) < 4.78 is 5.16. The first-order valence-electron chi connectivity index (χ1n) is 9.11. The number of pyridine rings is 1. The average molecular weight is 403 g/mol. The monoisotopic (exact) mass is 402 g/mol. The maximum atomic E-state index is 6.48. The normalized spacial score (nSPS) is 16.3. The van der Waals surface area contributed by atoms with Crippen LogP contribution >= 0.6 is 23.4 Å². The number of thioether (sulfide) groups is 1. The summed E-state index contributed by atoms with van der Waals surface area (Å²) in [4.78, 5) is 10.7. The van der Waals surface area contributed by atoms with Gasteiger partial charge in [-0.3, -0.25) is 9.80 Å². The van der Waals surface area contributed by atoms with Crippen LogP contribution < -0.4 is 0 Å². The number of aromatic nitrogens is 2. The molecule has 1 aromatic carbocycles. The highest BCUT2D eigenvalue weighted by molar-refractivity contribution is 7.98. The topological polar surface area (TPSA) is 45.4 Å². The highest BCUT2D eigenvalue weighted by Gasteiger charge is 2.19. The summed E-state index contributed by atoms with van der Waals surface area (Å²) in [5, 5.41) is 5.85. The minimum Gasteiger partial charge on any atom is -0.361 e. The molecule has 0 aliphatic carbocycles. The van der Waals surface area contributed by atoms with Gasteiger partial charge in [0.1, 0.15) is 10.9 Å². The molecule has 4 rings (SSSR count). The number of rotatable bonds is 5. The Balaban J connectivity index is 1.39. The maximum Gasteiger partial charge on any atom is 0.134 e. The zero-order chi connectivity index (χ0) is 18.8. The van der Waals surface area contributed by atoms with E-state index in [-0.39, 0.29) is 0 Å². The lowest BCUT2D eigenvalue weighted by molar-refractivity contribution is 0.120. The third-order valence-electron chi connectivity index (χ3n) is 4.97. The molecule has 1 fully saturated rings. The number of hydrogen-bond acceptors (Lipinski definition) is 6. The van der Waals surface area contributed by atoms with E-state index in [4.69, 9.17) is 16.1 Å². The first-order chi connectivity index (χ1) is 13.1. The molecule has 3 heterocycles. The molecule has 1 aliphatic heterocycles. The van der Waals surface area contributed by atoms with Gasteiger partial charge in [0.05, 0.1) is 11.2 Å². The van der Waals surface area contributed by atoms with E-state index < -0.39 is 0 Å². The van der Waals surface area contributed by atoms with E-state index in [0.29, 0.717) is 5.15 Å². The molecule has 27 heavy (non-hydrogen) atoms. The molecular formula is C20H23ClN4OS. The number of aryl methyl sites for hydroxylation is 1. The van der Waals surface area contributed by atoms with Crippen LogP contribution in [0.2, 0.25) is 5.15 Å². The van der Waals surface area contributed by atoms with Crippen molar-refractivity contribution in [3.05, 3.63) is 52.5 Å². The van der Waals surface area contributed by atoms with Crippen LogP contribution in [-0.2, 0) is 13.1 Å². The van der Waals surface area contributed by atoms with Gasteiger partial charge in [-0.1, -0.05) is 22.8 Å². The lowest BCUT2D eigenvalue weighted by Crippen LogP contribution is -2.45. The van der Waals surface area contributed by atoms with Crippen molar-refractivity contribution in [2.45, 2.75) is 24.9 Å². The molecule has 2 aromatic heterocycles. The van der Waals surface area contributed by atoms with Crippen molar-refractivity contribution in [1.29, 1.82) is 0 Å². The smallest absolute Gasteiger partial charge is 0.134 e. The summed E-state index contributed by atoms with van der Waals surface area (Å²) in [5.41, 5.74) is 3.07. The van der Waals surface area contributed by atoms with Crippen LogP contribution in [0.1, 0.15) is 17.0 Å². The summed E-state index contributed by atoms with van der Waals surface area (Å²) in [6, 6.07) is 10.6. The van der Waals surface area contributed by atoms with Crippen LogP contribution in [0, 0.1) is 6.92 Å². The second kappa shape index (κ2) is 8.19. The van der Waals surface area contributed by atoms with E-state index in [2.05, 4.69) is 50.5 Å². The third-order valence-corrected chi connectivity index (χ3v) is 6.02. The van der Waals surface area contributed by atoms with Crippen molar-refractivity contribution < 1.29 is 4.52 Å². The molecule has 0 radical (unpaired) electrons. The molecule has 7 heteroatoms. The number of benzene rings is 1. The highest BCUT2D eigenvalue weighted by atomic mass is 35.5. The number of fused-ring (bicyclic) bond motifs is 1. The van der Waals surface area contributed by atoms with Gasteiger partial charge in [-0.15, -0.1) is 11.8 Å². The Hall–Kier alpha value is -1.60. The van der Waals surface area contributed by atoms with Gasteiger partial charge in [0.2, 0.25) is 0 Å². The third kappa shape index (κ3) is 4.46. The lowest BCUT2D eigenvalue weighted by atomic mass is 10.1. The minimum absolute atomic E-state index is 0.612. The van der Waals surface area contributed by atoms with Crippen molar-refractivity contribution in [2.24, 2.45) is 0 Å². The molecule has 5 nitrogen and oxygen atoms in total. The van der Waals surface area contributed by atoms with E-state index in [9.17, 15) is 0 Å². The van der Waals surface area contributed by atoms with Crippen LogP contribution in [0.5, 0.6) is 0 Å². The molecule has 0 bridgehead atoms. The molecule has 0 unspecified atom stereocenters. The van der Waals surface area contributed by atoms with Crippen molar-refractivity contribution in [1.82, 2.24) is 19.9 Å². The molecule has 0 saturated carbocycles. The molecular weight excluding hydrogens is 380 g/mol. The summed E-state index contributed by atoms with van der Waals surface area (Å²) in [5.74, 6) is 0.867. The van der Waals surface area contributed by atoms with Crippen LogP contribution in [0.3, 0.4) is 0 Å². The van der Waals surface area contributed by atoms with Gasteiger partial charge in [-0.05, 0) is 31.4 Å². The Kier molecular flexibility index (Phi) is 5.68. The zero-order valence-electron chi connectivity index (χ0n) is 15.6. The van der Waals surface area contributed by atoms with E-state index in [1.54, 1.807) is 11.8 Å². The van der Waals surface area contributed by atoms with Crippen LogP contribution in [0.15, 0.2) is 39.8 Å². The second-order valence-electron chi connectivity index (χ2n) is 6.98. The summed E-state index contributed by atoms with van der Waals surface area (Å²) in [6.07, 6.45) is 2.07. The lowest BCUT2D eigenvalue weighted by Gasteiger charge is -2.34. The van der Waals surface area contributed by atoms with Gasteiger partial charge >= 0.3 is 0 Å². The molecule has 3 aromatic rings. The first kappa shape index (κ1) is 18.7. The van der Waals surface area contributed by atoms with E-state index in [1.807, 2.05) is 13.0 Å². The quantitative estimate of drug-likeness (QED) is 0.470. The van der Waals surface area contributed by atoms with Crippen LogP contribution in [-0.4, -0.2) is 52.4 Å². The van der Waals surface area contributed by atoms with Crippen molar-refractivity contribution in [2.75, 3.05) is 32.4 Å². The maximum absolute atomic E-state index is 6.48. The van der Waals surface area contributed by atoms with Gasteiger partial charge in [-0.25, -0.2) is 4.98 Å². The van der Waals surface area contributed by atoms with Gasteiger partial charge in [-0.2, -0.15) is 0 Å². The minimum atomic E-state index is 0.612. The van der Waals surface area contributed by atoms with E-state index in [0.717, 1.165) is 67.2 Å². The van der Waals surface area contributed by atoms with Gasteiger partial charge < -0.3 is 4.52 Å². The molecule has 142 valence electrons. The Bertz CT molecular complexity index is 937. The fourth-order valence-corrected chi connectivity index (χ4v) is 4.11. The molecule has 1 aliphatic rings. The second-order valence-corrected chi connectivity index (χ2v) is 8.22. The fourth-order valence-electron chi connectivity index (χ4n) is 3.47. The molecule has 0 N–H and O–H groups in total. The summed E-state index contributed by atoms with van der Waals surface area (Å²) in [6.45, 7) is 7.67. The van der Waals surface area contributed by atoms with Crippen molar-refractivity contribution in [3.63, 3.8) is 0 Å². The Morgan fingerprint density at radius 2 is 1.81 bits per heavy atom. The number of hydrogen-bond donors (Lipinski definition) is 0. The number of nitrogens with zero attached hydrogens (tertiary/aromatic N) is 4. The van der Waals surface area contributed by atoms with Crippen LogP contribution in [0.4, 0.5) is 0 Å². The highest BCUT2D eigenvalue weighted by Crippen LogP contribution is 2.26. The molecule has 0 amide bonds.